The Balaban J connectivity index is 2.21. The van der Waals surface area contributed by atoms with Crippen LogP contribution in [0.15, 0.2) is 40.6 Å². The Hall–Kier alpha value is -1.75. The molecule has 4 nitrogen and oxygen atoms in total. The Morgan fingerprint density at radius 2 is 1.94 bits per heavy atom. The molecule has 0 atom stereocenters. The number of ether oxygens (including phenoxy) is 1. The molecule has 0 fully saturated rings. The van der Waals surface area contributed by atoms with Gasteiger partial charge in [-0.2, -0.15) is 0 Å². The van der Waals surface area contributed by atoms with E-state index >= 15 is 0 Å². The number of nitrogens with zero attached hydrogens (tertiary/aromatic N) is 2. The highest BCUT2D eigenvalue weighted by Crippen LogP contribution is 2.30. The van der Waals surface area contributed by atoms with E-state index in [-0.39, 0.29) is 0 Å². The molecule has 0 radical (unpaired) electrons. The first-order valence-corrected chi connectivity index (χ1v) is 5.90. The lowest BCUT2D eigenvalue weighted by Crippen LogP contribution is -1.92. The summed E-state index contributed by atoms with van der Waals surface area (Å²) in [5, 5.41) is 0.711. The smallest absolute Gasteiger partial charge is 0.192 e. The second-order valence-corrected chi connectivity index (χ2v) is 4.59. The maximum absolute atomic E-state index is 5.75. The van der Waals surface area contributed by atoms with Crippen molar-refractivity contribution in [1.82, 2.24) is 9.97 Å². The first-order valence-electron chi connectivity index (χ1n) is 5.09. The van der Waals surface area contributed by atoms with Crippen LogP contribution in [-0.4, -0.2) is 17.1 Å². The number of nitrogens with two attached hydrogens (primary N) is 1. The van der Waals surface area contributed by atoms with Crippen LogP contribution in [0.2, 0.25) is 0 Å². The minimum Gasteiger partial charge on any atom is -0.495 e. The van der Waals surface area contributed by atoms with E-state index in [0.29, 0.717) is 16.6 Å². The number of methoxy groups -OCH3 is 1. The first-order chi connectivity index (χ1) is 8.19. The molecule has 17 heavy (non-hydrogen) atoms. The van der Waals surface area contributed by atoms with Gasteiger partial charge in [0.05, 0.1) is 12.8 Å². The molecule has 88 valence electrons. The third-order valence-electron chi connectivity index (χ3n) is 2.17. The lowest BCUT2D eigenvalue weighted by Gasteiger charge is -2.06. The molecular formula is C12H13N3OS. The highest BCUT2D eigenvalue weighted by molar-refractivity contribution is 7.99. The van der Waals surface area contributed by atoms with E-state index in [1.807, 2.05) is 25.1 Å². The first kappa shape index (κ1) is 11.7. The second kappa shape index (κ2) is 5.05. The third kappa shape index (κ3) is 2.88. The zero-order valence-corrected chi connectivity index (χ0v) is 10.5. The van der Waals surface area contributed by atoms with Crippen molar-refractivity contribution in [3.05, 3.63) is 36.2 Å². The van der Waals surface area contributed by atoms with Gasteiger partial charge in [0, 0.05) is 17.3 Å². The van der Waals surface area contributed by atoms with Gasteiger partial charge in [0.2, 0.25) is 0 Å². The Morgan fingerprint density at radius 1 is 1.24 bits per heavy atom. The van der Waals surface area contributed by atoms with Crippen molar-refractivity contribution >= 4 is 17.4 Å². The van der Waals surface area contributed by atoms with Gasteiger partial charge in [-0.1, -0.05) is 0 Å². The van der Waals surface area contributed by atoms with Gasteiger partial charge < -0.3 is 10.5 Å². The van der Waals surface area contributed by atoms with Crippen molar-refractivity contribution in [2.75, 3.05) is 12.8 Å². The Kier molecular flexibility index (Phi) is 3.49. The normalized spacial score (nSPS) is 10.2. The SMILES string of the molecule is COc1cc(Sc2ncc(C)cn2)ccc1N. The summed E-state index contributed by atoms with van der Waals surface area (Å²) in [4.78, 5) is 9.46. The summed E-state index contributed by atoms with van der Waals surface area (Å²) < 4.78 is 5.16. The van der Waals surface area contributed by atoms with Crippen LogP contribution < -0.4 is 10.5 Å². The molecule has 2 N–H and O–H groups in total. The summed E-state index contributed by atoms with van der Waals surface area (Å²) in [6.45, 7) is 1.96. The Labute approximate surface area is 104 Å². The van der Waals surface area contributed by atoms with Crippen molar-refractivity contribution in [2.45, 2.75) is 17.0 Å². The molecule has 0 aliphatic rings. The highest BCUT2D eigenvalue weighted by Gasteiger charge is 2.04. The molecule has 1 aromatic carbocycles. The zero-order chi connectivity index (χ0) is 12.3. The molecular weight excluding hydrogens is 234 g/mol. The third-order valence-corrected chi connectivity index (χ3v) is 3.05. The predicted octanol–water partition coefficient (Wildman–Crippen LogP) is 2.53. The summed E-state index contributed by atoms with van der Waals surface area (Å²) in [5.74, 6) is 0.669. The van der Waals surface area contributed by atoms with E-state index in [1.54, 1.807) is 19.5 Å². The van der Waals surface area contributed by atoms with E-state index in [2.05, 4.69) is 9.97 Å². The van der Waals surface area contributed by atoms with Crippen LogP contribution in [-0.2, 0) is 0 Å². The van der Waals surface area contributed by atoms with Crippen LogP contribution in [0.5, 0.6) is 5.75 Å². The number of aromatic nitrogens is 2. The number of benzene rings is 1. The van der Waals surface area contributed by atoms with Gasteiger partial charge in [0.1, 0.15) is 5.75 Å². The fourth-order valence-electron chi connectivity index (χ4n) is 1.29. The zero-order valence-electron chi connectivity index (χ0n) is 9.68. The lowest BCUT2D eigenvalue weighted by atomic mass is 10.3. The van der Waals surface area contributed by atoms with Crippen molar-refractivity contribution in [3.63, 3.8) is 0 Å². The molecule has 0 bridgehead atoms. The van der Waals surface area contributed by atoms with Crippen molar-refractivity contribution in [2.24, 2.45) is 0 Å². The molecule has 2 aromatic rings. The molecule has 1 aromatic heterocycles. The van der Waals surface area contributed by atoms with Crippen LogP contribution in [0, 0.1) is 6.92 Å². The summed E-state index contributed by atoms with van der Waals surface area (Å²) in [6.07, 6.45) is 3.59. The van der Waals surface area contributed by atoms with Gasteiger partial charge in [0.15, 0.2) is 5.16 Å². The number of anilines is 1. The minimum absolute atomic E-state index is 0.627. The minimum atomic E-state index is 0.627. The largest absolute Gasteiger partial charge is 0.495 e. The highest BCUT2D eigenvalue weighted by atomic mass is 32.2. The van der Waals surface area contributed by atoms with E-state index in [1.165, 1.54) is 11.8 Å². The van der Waals surface area contributed by atoms with Crippen molar-refractivity contribution in [1.29, 1.82) is 0 Å². The van der Waals surface area contributed by atoms with Crippen LogP contribution in [0.4, 0.5) is 5.69 Å². The number of nitrogen functional groups attached to an aromatic ring is 1. The molecule has 0 aliphatic carbocycles. The van der Waals surface area contributed by atoms with Gasteiger partial charge in [-0.05, 0) is 42.4 Å². The van der Waals surface area contributed by atoms with Gasteiger partial charge >= 0.3 is 0 Å². The van der Waals surface area contributed by atoms with Gasteiger partial charge in [0.25, 0.3) is 0 Å². The van der Waals surface area contributed by atoms with Crippen molar-refractivity contribution in [3.8, 4) is 5.75 Å². The molecule has 0 saturated carbocycles. The van der Waals surface area contributed by atoms with E-state index in [9.17, 15) is 0 Å². The Morgan fingerprint density at radius 3 is 2.59 bits per heavy atom. The quantitative estimate of drug-likeness (QED) is 0.667. The molecule has 0 saturated heterocycles. The predicted molar refractivity (Wildman–Crippen MR) is 68.3 cm³/mol. The maximum Gasteiger partial charge on any atom is 0.192 e. The number of aryl methyl sites for hydroxylation is 1. The van der Waals surface area contributed by atoms with E-state index in [4.69, 9.17) is 10.5 Å². The maximum atomic E-state index is 5.75. The molecule has 5 heteroatoms. The summed E-state index contributed by atoms with van der Waals surface area (Å²) >= 11 is 1.48. The fourth-order valence-corrected chi connectivity index (χ4v) is 2.02. The molecule has 1 heterocycles. The lowest BCUT2D eigenvalue weighted by molar-refractivity contribution is 0.416. The van der Waals surface area contributed by atoms with Gasteiger partial charge in [-0.25, -0.2) is 9.97 Å². The van der Waals surface area contributed by atoms with E-state index in [0.717, 1.165) is 10.5 Å². The standard InChI is InChI=1S/C12H13N3OS/c1-8-6-14-12(15-7-8)17-9-3-4-10(13)11(5-9)16-2/h3-7H,13H2,1-2H3. The number of hydrogen-bond acceptors (Lipinski definition) is 5. The summed E-state index contributed by atoms with van der Waals surface area (Å²) in [5.41, 5.74) is 7.42. The second-order valence-electron chi connectivity index (χ2n) is 3.55. The molecule has 0 spiro atoms. The number of rotatable bonds is 3. The molecule has 0 aliphatic heterocycles. The van der Waals surface area contributed by atoms with Crippen LogP contribution >= 0.6 is 11.8 Å². The summed E-state index contributed by atoms with van der Waals surface area (Å²) in [7, 11) is 1.60. The average Bonchev–Trinajstić information content (AvgIpc) is 2.34. The average molecular weight is 247 g/mol. The molecule has 0 unspecified atom stereocenters. The molecule has 0 amide bonds. The van der Waals surface area contributed by atoms with Crippen LogP contribution in [0.3, 0.4) is 0 Å². The summed E-state index contributed by atoms with van der Waals surface area (Å²) in [6, 6.07) is 5.62. The molecule has 2 rings (SSSR count). The fraction of sp³-hybridized carbons (Fsp3) is 0.167. The number of hydrogen-bond donors (Lipinski definition) is 1. The van der Waals surface area contributed by atoms with Crippen molar-refractivity contribution < 1.29 is 4.74 Å². The monoisotopic (exact) mass is 247 g/mol. The topological polar surface area (TPSA) is 61.0 Å². The Bertz CT molecular complexity index is 514. The van der Waals surface area contributed by atoms with Gasteiger partial charge in [-0.15, -0.1) is 0 Å². The van der Waals surface area contributed by atoms with Crippen LogP contribution in [0.1, 0.15) is 5.56 Å². The van der Waals surface area contributed by atoms with Gasteiger partial charge in [-0.3, -0.25) is 0 Å². The van der Waals surface area contributed by atoms with E-state index < -0.39 is 0 Å². The van der Waals surface area contributed by atoms with Crippen LogP contribution in [0.25, 0.3) is 0 Å².